The molecule has 1 fully saturated rings. The van der Waals surface area contributed by atoms with Crippen LogP contribution < -0.4 is 20.1 Å². The van der Waals surface area contributed by atoms with Gasteiger partial charge in [0.25, 0.3) is 0 Å². The molecule has 2 aromatic rings. The third-order valence-electron chi connectivity index (χ3n) is 5.11. The molecular formula is C22H29N3O3. The lowest BCUT2D eigenvalue weighted by atomic mass is 10.0. The van der Waals surface area contributed by atoms with E-state index in [0.29, 0.717) is 18.0 Å². The minimum atomic E-state index is -0.200. The van der Waals surface area contributed by atoms with Gasteiger partial charge in [-0.05, 0) is 55.8 Å². The fourth-order valence-electron chi connectivity index (χ4n) is 3.63. The Morgan fingerprint density at radius 3 is 2.39 bits per heavy atom. The molecule has 3 rings (SSSR count). The van der Waals surface area contributed by atoms with Gasteiger partial charge in [-0.25, -0.2) is 4.79 Å². The number of amides is 2. The van der Waals surface area contributed by atoms with E-state index in [-0.39, 0.29) is 12.1 Å². The van der Waals surface area contributed by atoms with Crippen LogP contribution in [0.5, 0.6) is 11.5 Å². The lowest BCUT2D eigenvalue weighted by Crippen LogP contribution is -2.41. The minimum absolute atomic E-state index is 0.0848. The minimum Gasteiger partial charge on any atom is -0.493 e. The summed E-state index contributed by atoms with van der Waals surface area (Å²) >= 11 is 0. The molecule has 0 radical (unpaired) electrons. The molecular weight excluding hydrogens is 354 g/mol. The summed E-state index contributed by atoms with van der Waals surface area (Å²) < 4.78 is 10.8. The molecule has 0 aliphatic carbocycles. The molecule has 28 heavy (non-hydrogen) atoms. The molecule has 2 N–H and O–H groups in total. The quantitative estimate of drug-likeness (QED) is 0.757. The highest BCUT2D eigenvalue weighted by molar-refractivity contribution is 5.89. The van der Waals surface area contributed by atoms with Crippen molar-refractivity contribution in [1.82, 2.24) is 10.2 Å². The molecule has 150 valence electrons. The number of nitrogens with zero attached hydrogens (tertiary/aromatic N) is 1. The number of hydrogen-bond acceptors (Lipinski definition) is 4. The fraction of sp³-hybridized carbons (Fsp3) is 0.409. The zero-order valence-corrected chi connectivity index (χ0v) is 16.6. The molecule has 1 atom stereocenters. The van der Waals surface area contributed by atoms with E-state index in [0.717, 1.165) is 24.3 Å². The predicted octanol–water partition coefficient (Wildman–Crippen LogP) is 4.05. The highest BCUT2D eigenvalue weighted by Crippen LogP contribution is 2.32. The van der Waals surface area contributed by atoms with Crippen molar-refractivity contribution in [2.75, 3.05) is 39.2 Å². The zero-order valence-electron chi connectivity index (χ0n) is 16.6. The van der Waals surface area contributed by atoms with Crippen LogP contribution in [0.25, 0.3) is 0 Å². The van der Waals surface area contributed by atoms with E-state index in [1.165, 1.54) is 19.3 Å². The van der Waals surface area contributed by atoms with Crippen LogP contribution in [0.3, 0.4) is 0 Å². The lowest BCUT2D eigenvalue weighted by Gasteiger charge is -2.35. The highest BCUT2D eigenvalue weighted by atomic mass is 16.5. The average Bonchev–Trinajstić information content (AvgIpc) is 2.75. The van der Waals surface area contributed by atoms with E-state index >= 15 is 0 Å². The molecule has 0 spiro atoms. The number of carbonyl (C=O) groups excluding carboxylic acids is 1. The smallest absolute Gasteiger partial charge is 0.319 e. The van der Waals surface area contributed by atoms with E-state index in [1.54, 1.807) is 14.2 Å². The summed E-state index contributed by atoms with van der Waals surface area (Å²) in [5.74, 6) is 1.41. The maximum Gasteiger partial charge on any atom is 0.319 e. The maximum absolute atomic E-state index is 12.4. The number of benzene rings is 2. The van der Waals surface area contributed by atoms with Gasteiger partial charge in [0.15, 0.2) is 11.5 Å². The first kappa shape index (κ1) is 20.0. The SMILES string of the molecule is COc1ccc(C(CNC(=O)Nc2ccccc2)N2CCCCC2)cc1OC. The molecule has 0 bridgehead atoms. The van der Waals surface area contributed by atoms with Crippen LogP contribution in [0.4, 0.5) is 10.5 Å². The van der Waals surface area contributed by atoms with Gasteiger partial charge in [0.1, 0.15) is 0 Å². The van der Waals surface area contributed by atoms with E-state index in [1.807, 2.05) is 42.5 Å². The summed E-state index contributed by atoms with van der Waals surface area (Å²) in [6.07, 6.45) is 3.62. The molecule has 0 saturated carbocycles. The molecule has 2 aromatic carbocycles. The molecule has 2 amide bonds. The Balaban J connectivity index is 1.73. The zero-order chi connectivity index (χ0) is 19.8. The first-order valence-corrected chi connectivity index (χ1v) is 9.77. The van der Waals surface area contributed by atoms with Gasteiger partial charge in [0.05, 0.1) is 20.3 Å². The molecule has 1 aliphatic heterocycles. The number of ether oxygens (including phenoxy) is 2. The summed E-state index contributed by atoms with van der Waals surface area (Å²) in [4.78, 5) is 14.8. The second-order valence-corrected chi connectivity index (χ2v) is 6.93. The van der Waals surface area contributed by atoms with Gasteiger partial charge in [0, 0.05) is 12.2 Å². The molecule has 1 aliphatic rings. The summed E-state index contributed by atoms with van der Waals surface area (Å²) in [6.45, 7) is 2.58. The second kappa shape index (κ2) is 9.99. The number of anilines is 1. The van der Waals surface area contributed by atoms with Gasteiger partial charge in [-0.2, -0.15) is 0 Å². The van der Waals surface area contributed by atoms with Gasteiger partial charge >= 0.3 is 6.03 Å². The van der Waals surface area contributed by atoms with E-state index in [9.17, 15) is 4.79 Å². The third-order valence-corrected chi connectivity index (χ3v) is 5.11. The highest BCUT2D eigenvalue weighted by Gasteiger charge is 2.24. The summed E-state index contributed by atoms with van der Waals surface area (Å²) in [7, 11) is 3.28. The number of para-hydroxylation sites is 1. The first-order chi connectivity index (χ1) is 13.7. The van der Waals surface area contributed by atoms with Crippen molar-refractivity contribution in [3.05, 3.63) is 54.1 Å². The Morgan fingerprint density at radius 1 is 1.00 bits per heavy atom. The number of hydrogen-bond donors (Lipinski definition) is 2. The molecule has 1 saturated heterocycles. The van der Waals surface area contributed by atoms with E-state index in [4.69, 9.17) is 9.47 Å². The number of piperidine rings is 1. The van der Waals surface area contributed by atoms with Gasteiger partial charge in [-0.1, -0.05) is 30.7 Å². The largest absolute Gasteiger partial charge is 0.493 e. The number of nitrogens with one attached hydrogen (secondary N) is 2. The normalized spacial score (nSPS) is 15.5. The van der Waals surface area contributed by atoms with Gasteiger partial charge in [0.2, 0.25) is 0 Å². The van der Waals surface area contributed by atoms with Crippen LogP contribution >= 0.6 is 0 Å². The summed E-state index contributed by atoms with van der Waals surface area (Å²) in [5, 5.41) is 5.91. The molecule has 1 heterocycles. The lowest BCUT2D eigenvalue weighted by molar-refractivity contribution is 0.161. The molecule has 6 nitrogen and oxygen atoms in total. The average molecular weight is 383 g/mol. The van der Waals surface area contributed by atoms with Crippen LogP contribution in [0.1, 0.15) is 30.9 Å². The monoisotopic (exact) mass is 383 g/mol. The van der Waals surface area contributed by atoms with E-state index in [2.05, 4.69) is 21.6 Å². The number of carbonyl (C=O) groups is 1. The van der Waals surface area contributed by atoms with Crippen LogP contribution in [0.15, 0.2) is 48.5 Å². The van der Waals surface area contributed by atoms with Crippen molar-refractivity contribution in [3.63, 3.8) is 0 Å². The van der Waals surface area contributed by atoms with Crippen molar-refractivity contribution in [3.8, 4) is 11.5 Å². The van der Waals surface area contributed by atoms with Gasteiger partial charge in [-0.3, -0.25) is 4.90 Å². The number of methoxy groups -OCH3 is 2. The van der Waals surface area contributed by atoms with Crippen molar-refractivity contribution in [2.24, 2.45) is 0 Å². The Labute approximate surface area is 166 Å². The molecule has 6 heteroatoms. The summed E-state index contributed by atoms with van der Waals surface area (Å²) in [5.41, 5.74) is 1.89. The fourth-order valence-corrected chi connectivity index (χ4v) is 3.63. The second-order valence-electron chi connectivity index (χ2n) is 6.93. The Morgan fingerprint density at radius 2 is 1.71 bits per heavy atom. The first-order valence-electron chi connectivity index (χ1n) is 9.77. The Kier molecular flexibility index (Phi) is 7.14. The number of rotatable bonds is 7. The van der Waals surface area contributed by atoms with E-state index < -0.39 is 0 Å². The summed E-state index contributed by atoms with van der Waals surface area (Å²) in [6, 6.07) is 15.3. The van der Waals surface area contributed by atoms with Crippen LogP contribution in [-0.4, -0.2) is 44.8 Å². The Hall–Kier alpha value is -2.73. The van der Waals surface area contributed by atoms with Crippen molar-refractivity contribution < 1.29 is 14.3 Å². The number of likely N-dealkylation sites (tertiary alicyclic amines) is 1. The van der Waals surface area contributed by atoms with Crippen LogP contribution in [-0.2, 0) is 0 Å². The van der Waals surface area contributed by atoms with Crippen molar-refractivity contribution in [2.45, 2.75) is 25.3 Å². The Bertz CT molecular complexity index is 761. The predicted molar refractivity (Wildman–Crippen MR) is 111 cm³/mol. The maximum atomic E-state index is 12.4. The third kappa shape index (κ3) is 5.16. The standard InChI is InChI=1S/C22H29N3O3/c1-27-20-12-11-17(15-21(20)28-2)19(25-13-7-4-8-14-25)16-23-22(26)24-18-9-5-3-6-10-18/h3,5-6,9-12,15,19H,4,7-8,13-14,16H2,1-2H3,(H2,23,24,26). The van der Waals surface area contributed by atoms with Crippen LogP contribution in [0.2, 0.25) is 0 Å². The molecule has 0 aromatic heterocycles. The van der Waals surface area contributed by atoms with Crippen LogP contribution in [0, 0.1) is 0 Å². The molecule has 1 unspecified atom stereocenters. The van der Waals surface area contributed by atoms with Gasteiger partial charge < -0.3 is 20.1 Å². The van der Waals surface area contributed by atoms with Gasteiger partial charge in [-0.15, -0.1) is 0 Å². The topological polar surface area (TPSA) is 62.8 Å². The van der Waals surface area contributed by atoms with Crippen molar-refractivity contribution >= 4 is 11.7 Å². The number of urea groups is 1. The van der Waals surface area contributed by atoms with Crippen molar-refractivity contribution in [1.29, 1.82) is 0 Å².